The molecule has 112 valence electrons. The van der Waals surface area contributed by atoms with Gasteiger partial charge in [0.05, 0.1) is 18.9 Å². The third kappa shape index (κ3) is 3.13. The molecule has 0 bridgehead atoms. The van der Waals surface area contributed by atoms with Crippen molar-refractivity contribution >= 4 is 5.97 Å². The number of carboxylic acid groups (broad SMARTS) is 1. The summed E-state index contributed by atoms with van der Waals surface area (Å²) in [6, 6.07) is 3.88. The molecule has 1 heterocycles. The second-order valence-electron chi connectivity index (χ2n) is 4.62. The molecule has 0 unspecified atom stereocenters. The van der Waals surface area contributed by atoms with E-state index in [1.54, 1.807) is 0 Å². The molecule has 2 N–H and O–H groups in total. The summed E-state index contributed by atoms with van der Waals surface area (Å²) in [7, 11) is 1.42. The highest BCUT2D eigenvalue weighted by Gasteiger charge is 2.17. The van der Waals surface area contributed by atoms with Crippen LogP contribution in [0.4, 0.5) is 4.39 Å². The van der Waals surface area contributed by atoms with E-state index in [9.17, 15) is 9.18 Å². The maximum atomic E-state index is 14.1. The van der Waals surface area contributed by atoms with E-state index in [0.717, 1.165) is 0 Å². The van der Waals surface area contributed by atoms with Crippen molar-refractivity contribution in [1.82, 2.24) is 10.2 Å². The summed E-state index contributed by atoms with van der Waals surface area (Å²) in [5, 5.41) is 15.0. The van der Waals surface area contributed by atoms with Crippen LogP contribution in [0.3, 0.4) is 0 Å². The number of carbonyl (C=O) groups is 1. The van der Waals surface area contributed by atoms with E-state index in [2.05, 4.69) is 10.2 Å². The molecule has 1 aromatic heterocycles. The molecule has 0 fully saturated rings. The average Bonchev–Trinajstić information content (AvgIpc) is 2.89. The summed E-state index contributed by atoms with van der Waals surface area (Å²) in [5.41, 5.74) is 0.197. The summed E-state index contributed by atoms with van der Waals surface area (Å²) in [6.07, 6.45) is -0.119. The SMILES string of the molecule is COc1cc(F)c(-c2cc(C(=O)O)[nH]n2)cc1OC(C)C. The van der Waals surface area contributed by atoms with Gasteiger partial charge >= 0.3 is 5.97 Å². The minimum Gasteiger partial charge on any atom is -0.493 e. The molecule has 0 saturated heterocycles. The zero-order valence-corrected chi connectivity index (χ0v) is 11.8. The fraction of sp³-hybridized carbons (Fsp3) is 0.286. The molecule has 21 heavy (non-hydrogen) atoms. The van der Waals surface area contributed by atoms with Crippen molar-refractivity contribution in [2.24, 2.45) is 0 Å². The Morgan fingerprint density at radius 2 is 2.05 bits per heavy atom. The summed E-state index contributed by atoms with van der Waals surface area (Å²) in [6.45, 7) is 3.67. The predicted molar refractivity (Wildman–Crippen MR) is 73.3 cm³/mol. The van der Waals surface area contributed by atoms with Gasteiger partial charge < -0.3 is 14.6 Å². The average molecular weight is 294 g/mol. The van der Waals surface area contributed by atoms with E-state index in [4.69, 9.17) is 14.6 Å². The van der Waals surface area contributed by atoms with Gasteiger partial charge in [-0.15, -0.1) is 0 Å². The number of aromatic carboxylic acids is 1. The lowest BCUT2D eigenvalue weighted by Crippen LogP contribution is -2.07. The number of aromatic amines is 1. The maximum Gasteiger partial charge on any atom is 0.353 e. The van der Waals surface area contributed by atoms with Crippen LogP contribution in [0.25, 0.3) is 11.3 Å². The Kier molecular flexibility index (Phi) is 4.11. The van der Waals surface area contributed by atoms with E-state index < -0.39 is 11.8 Å². The normalized spacial score (nSPS) is 10.7. The Balaban J connectivity index is 2.49. The highest BCUT2D eigenvalue weighted by Crippen LogP contribution is 2.35. The fourth-order valence-corrected chi connectivity index (χ4v) is 1.81. The number of benzene rings is 1. The van der Waals surface area contributed by atoms with Gasteiger partial charge in [-0.3, -0.25) is 5.10 Å². The molecule has 2 aromatic rings. The second kappa shape index (κ2) is 5.82. The Hall–Kier alpha value is -2.57. The van der Waals surface area contributed by atoms with E-state index in [1.807, 2.05) is 13.8 Å². The van der Waals surface area contributed by atoms with Gasteiger partial charge in [0.2, 0.25) is 0 Å². The number of halogens is 1. The molecule has 0 radical (unpaired) electrons. The number of aromatic nitrogens is 2. The van der Waals surface area contributed by atoms with Crippen molar-refractivity contribution < 1.29 is 23.8 Å². The highest BCUT2D eigenvalue weighted by atomic mass is 19.1. The number of H-pyrrole nitrogens is 1. The Labute approximate surface area is 120 Å². The first-order valence-corrected chi connectivity index (χ1v) is 6.25. The lowest BCUT2D eigenvalue weighted by Gasteiger charge is -2.14. The van der Waals surface area contributed by atoms with Crippen LogP contribution in [-0.2, 0) is 0 Å². The number of nitrogens with zero attached hydrogens (tertiary/aromatic N) is 1. The first kappa shape index (κ1) is 14.8. The van der Waals surface area contributed by atoms with Crippen molar-refractivity contribution in [1.29, 1.82) is 0 Å². The van der Waals surface area contributed by atoms with E-state index in [-0.39, 0.29) is 28.8 Å². The molecule has 1 aromatic carbocycles. The summed E-state index contributed by atoms with van der Waals surface area (Å²) in [5.74, 6) is -1.12. The number of hydrogen-bond acceptors (Lipinski definition) is 4. The fourth-order valence-electron chi connectivity index (χ4n) is 1.81. The minimum absolute atomic E-state index is 0.119. The van der Waals surface area contributed by atoms with Crippen LogP contribution in [0.5, 0.6) is 11.5 Å². The molecule has 2 rings (SSSR count). The van der Waals surface area contributed by atoms with Crippen LogP contribution in [0.2, 0.25) is 0 Å². The van der Waals surface area contributed by atoms with Crippen LogP contribution in [0, 0.1) is 5.82 Å². The van der Waals surface area contributed by atoms with Crippen LogP contribution < -0.4 is 9.47 Å². The maximum absolute atomic E-state index is 14.1. The highest BCUT2D eigenvalue weighted by molar-refractivity contribution is 5.87. The largest absolute Gasteiger partial charge is 0.493 e. The number of nitrogens with one attached hydrogen (secondary N) is 1. The standard InChI is InChI=1S/C14H15FN2O4/c1-7(2)21-13-4-8(9(15)5-12(13)20-3)10-6-11(14(18)19)17-16-10/h4-7H,1-3H3,(H,16,17)(H,18,19). The lowest BCUT2D eigenvalue weighted by atomic mass is 10.1. The van der Waals surface area contributed by atoms with Crippen LogP contribution in [-0.4, -0.2) is 34.5 Å². The van der Waals surface area contributed by atoms with E-state index in [1.165, 1.54) is 25.3 Å². The molecule has 0 aliphatic heterocycles. The smallest absolute Gasteiger partial charge is 0.353 e. The van der Waals surface area contributed by atoms with Gasteiger partial charge in [0, 0.05) is 11.6 Å². The number of rotatable bonds is 5. The van der Waals surface area contributed by atoms with Crippen molar-refractivity contribution in [3.8, 4) is 22.8 Å². The van der Waals surface area contributed by atoms with Gasteiger partial charge in [0.15, 0.2) is 11.5 Å². The lowest BCUT2D eigenvalue weighted by molar-refractivity contribution is 0.0690. The third-order valence-electron chi connectivity index (χ3n) is 2.70. The van der Waals surface area contributed by atoms with E-state index in [0.29, 0.717) is 5.75 Å². The number of carboxylic acids is 1. The Morgan fingerprint density at radius 1 is 1.33 bits per heavy atom. The molecule has 7 heteroatoms. The van der Waals surface area contributed by atoms with Crippen molar-refractivity contribution in [3.63, 3.8) is 0 Å². The van der Waals surface area contributed by atoms with Gasteiger partial charge in [-0.1, -0.05) is 0 Å². The summed E-state index contributed by atoms with van der Waals surface area (Å²) in [4.78, 5) is 10.8. The number of hydrogen-bond donors (Lipinski definition) is 2. The van der Waals surface area contributed by atoms with Gasteiger partial charge in [0.25, 0.3) is 0 Å². The first-order valence-electron chi connectivity index (χ1n) is 6.25. The molecular weight excluding hydrogens is 279 g/mol. The second-order valence-corrected chi connectivity index (χ2v) is 4.62. The van der Waals surface area contributed by atoms with Crippen LogP contribution >= 0.6 is 0 Å². The molecular formula is C14H15FN2O4. The zero-order chi connectivity index (χ0) is 15.6. The van der Waals surface area contributed by atoms with Gasteiger partial charge in [0.1, 0.15) is 11.5 Å². The molecule has 0 aliphatic carbocycles. The first-order chi connectivity index (χ1) is 9.92. The molecule has 0 aliphatic rings. The molecule has 0 spiro atoms. The van der Waals surface area contributed by atoms with Gasteiger partial charge in [-0.25, -0.2) is 9.18 Å². The molecule has 0 atom stereocenters. The Bertz CT molecular complexity index is 667. The van der Waals surface area contributed by atoms with Crippen molar-refractivity contribution in [2.45, 2.75) is 20.0 Å². The number of ether oxygens (including phenoxy) is 2. The van der Waals surface area contributed by atoms with Crippen molar-refractivity contribution in [3.05, 3.63) is 29.7 Å². The monoisotopic (exact) mass is 294 g/mol. The predicted octanol–water partition coefficient (Wildman–Crippen LogP) is 2.71. The number of methoxy groups -OCH3 is 1. The topological polar surface area (TPSA) is 84.4 Å². The third-order valence-corrected chi connectivity index (χ3v) is 2.70. The van der Waals surface area contributed by atoms with Crippen molar-refractivity contribution in [2.75, 3.05) is 7.11 Å². The van der Waals surface area contributed by atoms with E-state index >= 15 is 0 Å². The van der Waals surface area contributed by atoms with Gasteiger partial charge in [-0.2, -0.15) is 5.10 Å². The Morgan fingerprint density at radius 3 is 2.57 bits per heavy atom. The molecule has 0 saturated carbocycles. The quantitative estimate of drug-likeness (QED) is 0.885. The zero-order valence-electron chi connectivity index (χ0n) is 11.8. The minimum atomic E-state index is -1.17. The molecule has 6 nitrogen and oxygen atoms in total. The van der Waals surface area contributed by atoms with Crippen LogP contribution in [0.15, 0.2) is 18.2 Å². The summed E-state index contributed by atoms with van der Waals surface area (Å²) < 4.78 is 24.7. The summed E-state index contributed by atoms with van der Waals surface area (Å²) >= 11 is 0. The van der Waals surface area contributed by atoms with Crippen LogP contribution in [0.1, 0.15) is 24.3 Å². The van der Waals surface area contributed by atoms with Gasteiger partial charge in [-0.05, 0) is 26.0 Å². The molecule has 0 amide bonds.